The normalized spacial score (nSPS) is 11.6. The Bertz CT molecular complexity index is 448. The van der Waals surface area contributed by atoms with Crippen molar-refractivity contribution in [2.45, 2.75) is 38.8 Å². The lowest BCUT2D eigenvalue weighted by Gasteiger charge is -2.26. The topological polar surface area (TPSA) is 78.4 Å². The molecular weight excluding hydrogens is 268 g/mol. The molecule has 0 spiro atoms. The minimum Gasteiger partial charge on any atom is -0.375 e. The van der Waals surface area contributed by atoms with Gasteiger partial charge in [-0.3, -0.25) is 10.1 Å². The lowest BCUT2D eigenvalue weighted by molar-refractivity contribution is -0.385. The van der Waals surface area contributed by atoms with E-state index >= 15 is 0 Å². The van der Waals surface area contributed by atoms with Crippen molar-refractivity contribution in [2.24, 2.45) is 5.73 Å². The zero-order valence-corrected chi connectivity index (χ0v) is 11.9. The minimum absolute atomic E-state index is 0.0249. The zero-order valence-electron chi connectivity index (χ0n) is 11.2. The zero-order chi connectivity index (χ0) is 14.5. The predicted molar refractivity (Wildman–Crippen MR) is 75.3 cm³/mol. The third-order valence-corrected chi connectivity index (χ3v) is 3.53. The van der Waals surface area contributed by atoms with Crippen LogP contribution in [0.2, 0.25) is 5.02 Å². The molecule has 1 aromatic rings. The smallest absolute Gasteiger partial charge is 0.276 e. The Hall–Kier alpha value is -1.17. The molecule has 0 bridgehead atoms. The van der Waals surface area contributed by atoms with Gasteiger partial charge in [-0.15, -0.1) is 0 Å². The summed E-state index contributed by atoms with van der Waals surface area (Å²) in [5.74, 6) is 0. The van der Waals surface area contributed by atoms with Crippen molar-refractivity contribution >= 4 is 17.3 Å². The first-order valence-corrected chi connectivity index (χ1v) is 6.59. The van der Waals surface area contributed by atoms with Crippen LogP contribution in [-0.4, -0.2) is 17.1 Å². The highest BCUT2D eigenvalue weighted by Crippen LogP contribution is 2.24. The number of halogens is 1. The molecule has 0 aliphatic carbocycles. The highest BCUT2D eigenvalue weighted by molar-refractivity contribution is 6.30. The first-order chi connectivity index (χ1) is 8.91. The molecule has 1 aromatic carbocycles. The molecular formula is C13H19ClN2O3. The molecule has 0 saturated carbocycles. The van der Waals surface area contributed by atoms with Gasteiger partial charge in [0.1, 0.15) is 0 Å². The first-order valence-electron chi connectivity index (χ1n) is 6.21. The average Bonchev–Trinajstić information content (AvgIpc) is 2.40. The van der Waals surface area contributed by atoms with E-state index in [2.05, 4.69) is 0 Å². The van der Waals surface area contributed by atoms with E-state index in [9.17, 15) is 10.1 Å². The van der Waals surface area contributed by atoms with Crippen molar-refractivity contribution in [3.05, 3.63) is 38.9 Å². The maximum atomic E-state index is 10.9. The van der Waals surface area contributed by atoms with E-state index in [0.29, 0.717) is 17.2 Å². The highest BCUT2D eigenvalue weighted by Gasteiger charge is 2.21. The molecule has 0 unspecified atom stereocenters. The van der Waals surface area contributed by atoms with Crippen molar-refractivity contribution < 1.29 is 9.66 Å². The molecule has 0 atom stereocenters. The summed E-state index contributed by atoms with van der Waals surface area (Å²) in [6, 6.07) is 4.55. The van der Waals surface area contributed by atoms with Crippen LogP contribution < -0.4 is 5.73 Å². The summed E-state index contributed by atoms with van der Waals surface area (Å²) in [5.41, 5.74) is 6.21. The average molecular weight is 287 g/mol. The fraction of sp³-hybridized carbons (Fsp3) is 0.538. The standard InChI is InChI=1S/C13H19ClN2O3/c1-3-13(15,4-2)9-19-8-10-5-6-11(14)7-12(10)16(17)18/h5-7H,3-4,8-9,15H2,1-2H3. The van der Waals surface area contributed by atoms with Crippen LogP contribution in [0.4, 0.5) is 5.69 Å². The fourth-order valence-electron chi connectivity index (χ4n) is 1.65. The Balaban J connectivity index is 2.71. The van der Waals surface area contributed by atoms with Crippen LogP contribution in [0.25, 0.3) is 0 Å². The highest BCUT2D eigenvalue weighted by atomic mass is 35.5. The quantitative estimate of drug-likeness (QED) is 0.616. The van der Waals surface area contributed by atoms with Crippen molar-refractivity contribution in [2.75, 3.05) is 6.61 Å². The van der Waals surface area contributed by atoms with Gasteiger partial charge >= 0.3 is 0 Å². The summed E-state index contributed by atoms with van der Waals surface area (Å²) in [7, 11) is 0. The number of nitro groups is 1. The Morgan fingerprint density at radius 2 is 2.05 bits per heavy atom. The van der Waals surface area contributed by atoms with E-state index in [4.69, 9.17) is 22.1 Å². The van der Waals surface area contributed by atoms with Crippen molar-refractivity contribution in [1.82, 2.24) is 0 Å². The molecule has 2 N–H and O–H groups in total. The second-order valence-corrected chi connectivity index (χ2v) is 5.03. The number of ether oxygens (including phenoxy) is 1. The van der Waals surface area contributed by atoms with E-state index in [1.807, 2.05) is 13.8 Å². The van der Waals surface area contributed by atoms with E-state index in [-0.39, 0.29) is 17.8 Å². The van der Waals surface area contributed by atoms with Gasteiger partial charge in [-0.2, -0.15) is 0 Å². The van der Waals surface area contributed by atoms with Crippen molar-refractivity contribution in [3.63, 3.8) is 0 Å². The molecule has 0 saturated heterocycles. The maximum absolute atomic E-state index is 10.9. The van der Waals surface area contributed by atoms with Gasteiger partial charge in [-0.05, 0) is 25.0 Å². The second kappa shape index (κ2) is 6.84. The van der Waals surface area contributed by atoms with Crippen molar-refractivity contribution in [1.29, 1.82) is 0 Å². The second-order valence-electron chi connectivity index (χ2n) is 4.59. The molecule has 0 aliphatic heterocycles. The van der Waals surface area contributed by atoms with Crippen LogP contribution in [-0.2, 0) is 11.3 Å². The number of rotatable bonds is 7. The number of nitro benzene ring substituents is 1. The number of nitrogens with zero attached hydrogens (tertiary/aromatic N) is 1. The summed E-state index contributed by atoms with van der Waals surface area (Å²) >= 11 is 5.75. The SMILES string of the molecule is CCC(N)(CC)COCc1ccc(Cl)cc1[N+](=O)[O-]. The molecule has 1 rings (SSSR count). The van der Waals surface area contributed by atoms with Gasteiger partial charge < -0.3 is 10.5 Å². The number of hydrogen-bond acceptors (Lipinski definition) is 4. The minimum atomic E-state index is -0.458. The van der Waals surface area contributed by atoms with Gasteiger partial charge in [-0.1, -0.05) is 25.4 Å². The first kappa shape index (κ1) is 15.9. The molecule has 0 amide bonds. The van der Waals surface area contributed by atoms with E-state index < -0.39 is 4.92 Å². The van der Waals surface area contributed by atoms with Gasteiger partial charge in [0, 0.05) is 16.6 Å². The molecule has 106 valence electrons. The van der Waals surface area contributed by atoms with E-state index in [1.54, 1.807) is 12.1 Å². The van der Waals surface area contributed by atoms with Crippen LogP contribution >= 0.6 is 11.6 Å². The Morgan fingerprint density at radius 1 is 1.42 bits per heavy atom. The maximum Gasteiger partial charge on any atom is 0.276 e. The van der Waals surface area contributed by atoms with Crippen LogP contribution in [0, 0.1) is 10.1 Å². The molecule has 0 aliphatic rings. The van der Waals surface area contributed by atoms with Gasteiger partial charge in [0.2, 0.25) is 0 Å². The van der Waals surface area contributed by atoms with Gasteiger partial charge in [0.25, 0.3) is 5.69 Å². The molecule has 5 nitrogen and oxygen atoms in total. The van der Waals surface area contributed by atoms with Crippen LogP contribution in [0.1, 0.15) is 32.3 Å². The summed E-state index contributed by atoms with van der Waals surface area (Å²) in [6.45, 7) is 4.53. The molecule has 19 heavy (non-hydrogen) atoms. The van der Waals surface area contributed by atoms with Gasteiger partial charge in [0.05, 0.1) is 23.7 Å². The van der Waals surface area contributed by atoms with E-state index in [0.717, 1.165) is 12.8 Å². The lowest BCUT2D eigenvalue weighted by Crippen LogP contribution is -2.43. The van der Waals surface area contributed by atoms with E-state index in [1.165, 1.54) is 6.07 Å². The molecule has 6 heteroatoms. The third kappa shape index (κ3) is 4.45. The molecule has 0 heterocycles. The Labute approximate surface area is 117 Å². The Kier molecular flexibility index (Phi) is 5.72. The van der Waals surface area contributed by atoms with Gasteiger partial charge in [0.15, 0.2) is 0 Å². The molecule has 0 radical (unpaired) electrons. The van der Waals surface area contributed by atoms with Crippen LogP contribution in [0.5, 0.6) is 0 Å². The van der Waals surface area contributed by atoms with Crippen molar-refractivity contribution in [3.8, 4) is 0 Å². The largest absolute Gasteiger partial charge is 0.375 e. The van der Waals surface area contributed by atoms with Gasteiger partial charge in [-0.25, -0.2) is 0 Å². The number of hydrogen-bond donors (Lipinski definition) is 1. The summed E-state index contributed by atoms with van der Waals surface area (Å²) in [4.78, 5) is 10.5. The van der Waals surface area contributed by atoms with Crippen LogP contribution in [0.3, 0.4) is 0 Å². The van der Waals surface area contributed by atoms with Crippen LogP contribution in [0.15, 0.2) is 18.2 Å². The molecule has 0 aromatic heterocycles. The molecule has 0 fully saturated rings. The number of benzene rings is 1. The predicted octanol–water partition coefficient (Wildman–Crippen LogP) is 3.28. The number of nitrogens with two attached hydrogens (primary N) is 1. The summed E-state index contributed by atoms with van der Waals surface area (Å²) in [6.07, 6.45) is 1.60. The lowest BCUT2D eigenvalue weighted by atomic mass is 9.96. The summed E-state index contributed by atoms with van der Waals surface area (Å²) in [5, 5.41) is 11.3. The Morgan fingerprint density at radius 3 is 2.58 bits per heavy atom. The third-order valence-electron chi connectivity index (χ3n) is 3.30. The monoisotopic (exact) mass is 286 g/mol. The fourth-order valence-corrected chi connectivity index (χ4v) is 1.81. The summed E-state index contributed by atoms with van der Waals surface area (Å²) < 4.78 is 5.52.